The van der Waals surface area contributed by atoms with Crippen LogP contribution >= 0.6 is 0 Å². The van der Waals surface area contributed by atoms with E-state index in [0.717, 1.165) is 11.4 Å². The number of nitrogens with zero attached hydrogens (tertiary/aromatic N) is 1. The average Bonchev–Trinajstić information content (AvgIpc) is 2.26. The number of hydrogen-bond acceptors (Lipinski definition) is 3. The number of carbonyl (C=O) groups is 1. The highest BCUT2D eigenvalue weighted by Gasteiger charge is 2.39. The summed E-state index contributed by atoms with van der Waals surface area (Å²) in [5.74, 6) is 0.807. The number of aliphatic hydroxyl groups is 1. The molecular weight excluding hydrogens is 206 g/mol. The maximum absolute atomic E-state index is 11.5. The van der Waals surface area contributed by atoms with Gasteiger partial charge in [0.05, 0.1) is 25.7 Å². The van der Waals surface area contributed by atoms with E-state index in [2.05, 4.69) is 0 Å². The number of rotatable bonds is 3. The van der Waals surface area contributed by atoms with Gasteiger partial charge in [-0.1, -0.05) is 0 Å². The Morgan fingerprint density at radius 3 is 2.50 bits per heavy atom. The van der Waals surface area contributed by atoms with Crippen LogP contribution in [-0.2, 0) is 4.79 Å². The van der Waals surface area contributed by atoms with E-state index >= 15 is 0 Å². The molecule has 4 heteroatoms. The first-order valence-corrected chi connectivity index (χ1v) is 5.27. The van der Waals surface area contributed by atoms with Crippen molar-refractivity contribution in [2.45, 2.75) is 25.5 Å². The van der Waals surface area contributed by atoms with Crippen LogP contribution in [0.5, 0.6) is 5.75 Å². The standard InChI is InChI=1S/C12H15NO3/c1-8(14)11-7-12(15)13(11)9-3-5-10(16-2)6-4-9/h3-6,8,11,14H,7H2,1-2H3/t8-,11-/m1/s1. The quantitative estimate of drug-likeness (QED) is 0.780. The Morgan fingerprint density at radius 2 is 2.06 bits per heavy atom. The molecule has 1 aromatic carbocycles. The maximum atomic E-state index is 11.5. The van der Waals surface area contributed by atoms with E-state index in [1.165, 1.54) is 0 Å². The molecule has 16 heavy (non-hydrogen) atoms. The van der Waals surface area contributed by atoms with Gasteiger partial charge in [-0.2, -0.15) is 0 Å². The molecule has 2 atom stereocenters. The molecule has 1 amide bonds. The molecule has 1 saturated heterocycles. The highest BCUT2D eigenvalue weighted by Crippen LogP contribution is 2.30. The molecule has 0 spiro atoms. The Kier molecular flexibility index (Phi) is 2.83. The first kappa shape index (κ1) is 11.0. The van der Waals surface area contributed by atoms with Gasteiger partial charge in [0, 0.05) is 5.69 Å². The number of anilines is 1. The molecule has 1 aromatic rings. The number of β-lactam (4-membered cyclic amide) rings is 1. The molecule has 1 aliphatic heterocycles. The van der Waals surface area contributed by atoms with Crippen molar-refractivity contribution in [2.24, 2.45) is 0 Å². The second-order valence-electron chi connectivity index (χ2n) is 3.97. The molecule has 86 valence electrons. The Balaban J connectivity index is 2.19. The van der Waals surface area contributed by atoms with E-state index in [1.807, 2.05) is 12.1 Å². The maximum Gasteiger partial charge on any atom is 0.229 e. The van der Waals surface area contributed by atoms with Crippen LogP contribution < -0.4 is 9.64 Å². The zero-order valence-corrected chi connectivity index (χ0v) is 9.38. The number of aliphatic hydroxyl groups excluding tert-OH is 1. The van der Waals surface area contributed by atoms with Crippen LogP contribution in [0.1, 0.15) is 13.3 Å². The van der Waals surface area contributed by atoms with Gasteiger partial charge in [-0.05, 0) is 31.2 Å². The molecule has 1 fully saturated rings. The smallest absolute Gasteiger partial charge is 0.229 e. The van der Waals surface area contributed by atoms with Crippen LogP contribution in [0, 0.1) is 0 Å². The second kappa shape index (κ2) is 4.14. The topological polar surface area (TPSA) is 49.8 Å². The Hall–Kier alpha value is -1.55. The van der Waals surface area contributed by atoms with Crippen molar-refractivity contribution >= 4 is 11.6 Å². The van der Waals surface area contributed by atoms with E-state index in [1.54, 1.807) is 31.1 Å². The Morgan fingerprint density at radius 1 is 1.44 bits per heavy atom. The number of methoxy groups -OCH3 is 1. The van der Waals surface area contributed by atoms with Gasteiger partial charge in [0.25, 0.3) is 0 Å². The van der Waals surface area contributed by atoms with Crippen LogP contribution in [0.25, 0.3) is 0 Å². The molecule has 0 bridgehead atoms. The van der Waals surface area contributed by atoms with E-state index < -0.39 is 6.10 Å². The molecule has 0 aliphatic carbocycles. The average molecular weight is 221 g/mol. The molecule has 0 unspecified atom stereocenters. The van der Waals surface area contributed by atoms with Crippen molar-refractivity contribution in [1.29, 1.82) is 0 Å². The molecule has 0 aromatic heterocycles. The summed E-state index contributed by atoms with van der Waals surface area (Å²) in [4.78, 5) is 13.1. The summed E-state index contributed by atoms with van der Waals surface area (Å²) in [6.07, 6.45) is -0.0799. The SMILES string of the molecule is COc1ccc(N2C(=O)C[C@@H]2[C@@H](C)O)cc1. The van der Waals surface area contributed by atoms with Crippen molar-refractivity contribution in [3.63, 3.8) is 0 Å². The minimum Gasteiger partial charge on any atom is -0.497 e. The molecule has 0 radical (unpaired) electrons. The van der Waals surface area contributed by atoms with Gasteiger partial charge in [-0.25, -0.2) is 0 Å². The summed E-state index contributed by atoms with van der Waals surface area (Å²) in [5, 5.41) is 9.50. The van der Waals surface area contributed by atoms with Crippen LogP contribution in [0.15, 0.2) is 24.3 Å². The number of benzene rings is 1. The van der Waals surface area contributed by atoms with Gasteiger partial charge in [0.1, 0.15) is 5.75 Å². The number of carbonyl (C=O) groups excluding carboxylic acids is 1. The summed E-state index contributed by atoms with van der Waals surface area (Å²) in [6, 6.07) is 7.16. The van der Waals surface area contributed by atoms with Crippen molar-refractivity contribution < 1.29 is 14.6 Å². The molecular formula is C12H15NO3. The van der Waals surface area contributed by atoms with Crippen LogP contribution in [-0.4, -0.2) is 30.3 Å². The third-order valence-corrected chi connectivity index (χ3v) is 2.89. The van der Waals surface area contributed by atoms with Gasteiger partial charge in [0.2, 0.25) is 5.91 Å². The Labute approximate surface area is 94.4 Å². The zero-order valence-electron chi connectivity index (χ0n) is 9.38. The van der Waals surface area contributed by atoms with E-state index in [4.69, 9.17) is 4.74 Å². The highest BCUT2D eigenvalue weighted by molar-refractivity contribution is 6.01. The minimum atomic E-state index is -0.500. The molecule has 0 saturated carbocycles. The highest BCUT2D eigenvalue weighted by atomic mass is 16.5. The molecule has 1 heterocycles. The van der Waals surface area contributed by atoms with E-state index in [-0.39, 0.29) is 11.9 Å². The predicted octanol–water partition coefficient (Wildman–Crippen LogP) is 1.18. The van der Waals surface area contributed by atoms with Crippen molar-refractivity contribution in [3.8, 4) is 5.75 Å². The lowest BCUT2D eigenvalue weighted by atomic mass is 9.96. The van der Waals surface area contributed by atoms with E-state index in [9.17, 15) is 9.90 Å². The van der Waals surface area contributed by atoms with Crippen molar-refractivity contribution in [2.75, 3.05) is 12.0 Å². The van der Waals surface area contributed by atoms with Crippen LogP contribution in [0.4, 0.5) is 5.69 Å². The largest absolute Gasteiger partial charge is 0.497 e. The molecule has 4 nitrogen and oxygen atoms in total. The number of amides is 1. The zero-order chi connectivity index (χ0) is 11.7. The summed E-state index contributed by atoms with van der Waals surface area (Å²) >= 11 is 0. The fourth-order valence-corrected chi connectivity index (χ4v) is 1.91. The Bertz CT molecular complexity index is 386. The monoisotopic (exact) mass is 221 g/mol. The van der Waals surface area contributed by atoms with Gasteiger partial charge in [0.15, 0.2) is 0 Å². The lowest BCUT2D eigenvalue weighted by molar-refractivity contribution is -0.126. The summed E-state index contributed by atoms with van der Waals surface area (Å²) in [7, 11) is 1.60. The van der Waals surface area contributed by atoms with Gasteiger partial charge in [-0.3, -0.25) is 4.79 Å². The molecule has 1 N–H and O–H groups in total. The number of ether oxygens (including phenoxy) is 1. The first-order chi connectivity index (χ1) is 7.63. The molecule has 2 rings (SSSR count). The van der Waals surface area contributed by atoms with Crippen molar-refractivity contribution in [3.05, 3.63) is 24.3 Å². The fourth-order valence-electron chi connectivity index (χ4n) is 1.91. The van der Waals surface area contributed by atoms with Crippen LogP contribution in [0.2, 0.25) is 0 Å². The third kappa shape index (κ3) is 1.76. The van der Waals surface area contributed by atoms with Crippen LogP contribution in [0.3, 0.4) is 0 Å². The third-order valence-electron chi connectivity index (χ3n) is 2.89. The fraction of sp³-hybridized carbons (Fsp3) is 0.417. The lowest BCUT2D eigenvalue weighted by Crippen LogP contribution is -2.57. The van der Waals surface area contributed by atoms with Gasteiger partial charge < -0.3 is 14.7 Å². The first-order valence-electron chi connectivity index (χ1n) is 5.27. The normalized spacial score (nSPS) is 21.6. The van der Waals surface area contributed by atoms with Gasteiger partial charge >= 0.3 is 0 Å². The molecule has 1 aliphatic rings. The van der Waals surface area contributed by atoms with E-state index in [0.29, 0.717) is 6.42 Å². The second-order valence-corrected chi connectivity index (χ2v) is 3.97. The summed E-state index contributed by atoms with van der Waals surface area (Å²) < 4.78 is 5.05. The minimum absolute atomic E-state index is 0.0519. The summed E-state index contributed by atoms with van der Waals surface area (Å²) in [6.45, 7) is 1.70. The summed E-state index contributed by atoms with van der Waals surface area (Å²) in [5.41, 5.74) is 0.808. The predicted molar refractivity (Wildman–Crippen MR) is 60.6 cm³/mol. The number of hydrogen-bond donors (Lipinski definition) is 1. The lowest BCUT2D eigenvalue weighted by Gasteiger charge is -2.42. The van der Waals surface area contributed by atoms with Crippen molar-refractivity contribution in [1.82, 2.24) is 0 Å². The van der Waals surface area contributed by atoms with Gasteiger partial charge in [-0.15, -0.1) is 0 Å².